The summed E-state index contributed by atoms with van der Waals surface area (Å²) in [6, 6.07) is 5.81. The van der Waals surface area contributed by atoms with Crippen molar-refractivity contribution in [2.45, 2.75) is 51.1 Å². The first-order valence-electron chi connectivity index (χ1n) is 7.86. The SMILES string of the molecule is CC(COc1cccc(F)c1)NC(=O)C1CCCCC1(C)N.Cl. The molecule has 1 aliphatic carbocycles. The van der Waals surface area contributed by atoms with Gasteiger partial charge in [0.2, 0.25) is 5.91 Å². The maximum absolute atomic E-state index is 13.1. The van der Waals surface area contributed by atoms with E-state index in [1.54, 1.807) is 12.1 Å². The van der Waals surface area contributed by atoms with Crippen LogP contribution < -0.4 is 15.8 Å². The molecular formula is C17H26ClFN2O2. The fraction of sp³-hybridized carbons (Fsp3) is 0.588. The standard InChI is InChI=1S/C17H25FN2O2.ClH/c1-12(11-22-14-7-5-6-13(18)10-14)20-16(21)15-8-3-4-9-17(15,2)19;/h5-7,10,12,15H,3-4,8-9,11,19H2,1-2H3,(H,20,21);1H. The molecule has 0 heterocycles. The van der Waals surface area contributed by atoms with Gasteiger partial charge in [-0.2, -0.15) is 0 Å². The molecule has 2 rings (SSSR count). The molecule has 130 valence electrons. The number of carbonyl (C=O) groups is 1. The zero-order chi connectivity index (χ0) is 16.2. The summed E-state index contributed by atoms with van der Waals surface area (Å²) in [6.45, 7) is 4.11. The summed E-state index contributed by atoms with van der Waals surface area (Å²) in [5, 5.41) is 2.95. The number of amides is 1. The van der Waals surface area contributed by atoms with Crippen LogP contribution in [-0.2, 0) is 4.79 Å². The van der Waals surface area contributed by atoms with Crippen LogP contribution in [0.4, 0.5) is 4.39 Å². The molecule has 0 saturated heterocycles. The lowest BCUT2D eigenvalue weighted by Crippen LogP contribution is -2.54. The van der Waals surface area contributed by atoms with Crippen LogP contribution in [0.25, 0.3) is 0 Å². The molecule has 0 aliphatic heterocycles. The molecule has 3 unspecified atom stereocenters. The molecule has 3 atom stereocenters. The van der Waals surface area contributed by atoms with Crippen molar-refractivity contribution in [3.8, 4) is 5.75 Å². The van der Waals surface area contributed by atoms with Crippen LogP contribution in [0.2, 0.25) is 0 Å². The molecule has 0 bridgehead atoms. The Morgan fingerprint density at radius 3 is 2.91 bits per heavy atom. The molecule has 4 nitrogen and oxygen atoms in total. The number of carbonyl (C=O) groups excluding carboxylic acids is 1. The van der Waals surface area contributed by atoms with E-state index in [1.807, 2.05) is 13.8 Å². The van der Waals surface area contributed by atoms with Gasteiger partial charge in [-0.15, -0.1) is 12.4 Å². The highest BCUT2D eigenvalue weighted by atomic mass is 35.5. The molecule has 1 aliphatic rings. The average Bonchev–Trinajstić information content (AvgIpc) is 2.44. The maximum atomic E-state index is 13.1. The van der Waals surface area contributed by atoms with E-state index in [4.69, 9.17) is 10.5 Å². The molecule has 0 radical (unpaired) electrons. The van der Waals surface area contributed by atoms with Crippen LogP contribution in [0.15, 0.2) is 24.3 Å². The quantitative estimate of drug-likeness (QED) is 0.863. The van der Waals surface area contributed by atoms with Crippen molar-refractivity contribution in [2.75, 3.05) is 6.61 Å². The van der Waals surface area contributed by atoms with E-state index < -0.39 is 5.54 Å². The molecule has 3 N–H and O–H groups in total. The van der Waals surface area contributed by atoms with Gasteiger partial charge in [0.05, 0.1) is 12.0 Å². The normalized spacial score (nSPS) is 25.1. The van der Waals surface area contributed by atoms with Gasteiger partial charge in [-0.05, 0) is 38.8 Å². The lowest BCUT2D eigenvalue weighted by atomic mass is 9.74. The Labute approximate surface area is 143 Å². The smallest absolute Gasteiger partial charge is 0.225 e. The predicted octanol–water partition coefficient (Wildman–Crippen LogP) is 3.04. The summed E-state index contributed by atoms with van der Waals surface area (Å²) in [6.07, 6.45) is 3.82. The molecule has 1 saturated carbocycles. The molecule has 1 fully saturated rings. The van der Waals surface area contributed by atoms with Gasteiger partial charge in [-0.25, -0.2) is 4.39 Å². The third-order valence-corrected chi connectivity index (χ3v) is 4.26. The van der Waals surface area contributed by atoms with Crippen molar-refractivity contribution in [3.05, 3.63) is 30.1 Å². The Kier molecular flexibility index (Phi) is 7.29. The number of ether oxygens (including phenoxy) is 1. The van der Waals surface area contributed by atoms with Crippen molar-refractivity contribution < 1.29 is 13.9 Å². The summed E-state index contributed by atoms with van der Waals surface area (Å²) in [5.74, 6) is -0.0457. The second kappa shape index (κ2) is 8.50. The molecular weight excluding hydrogens is 319 g/mol. The van der Waals surface area contributed by atoms with Gasteiger partial charge in [0.1, 0.15) is 18.2 Å². The minimum atomic E-state index is -0.439. The summed E-state index contributed by atoms with van der Waals surface area (Å²) >= 11 is 0. The van der Waals surface area contributed by atoms with Gasteiger partial charge < -0.3 is 15.8 Å². The predicted molar refractivity (Wildman–Crippen MR) is 91.3 cm³/mol. The molecule has 1 amide bonds. The Hall–Kier alpha value is -1.33. The van der Waals surface area contributed by atoms with Crippen LogP contribution in [0, 0.1) is 11.7 Å². The second-order valence-electron chi connectivity index (χ2n) is 6.48. The van der Waals surface area contributed by atoms with Gasteiger partial charge in [0, 0.05) is 11.6 Å². The second-order valence-corrected chi connectivity index (χ2v) is 6.48. The topological polar surface area (TPSA) is 64.3 Å². The van der Waals surface area contributed by atoms with Crippen LogP contribution in [-0.4, -0.2) is 24.1 Å². The third-order valence-electron chi connectivity index (χ3n) is 4.26. The van der Waals surface area contributed by atoms with Gasteiger partial charge in [-0.3, -0.25) is 4.79 Å². The van der Waals surface area contributed by atoms with Gasteiger partial charge in [-0.1, -0.05) is 18.9 Å². The van der Waals surface area contributed by atoms with Gasteiger partial charge >= 0.3 is 0 Å². The monoisotopic (exact) mass is 344 g/mol. The van der Waals surface area contributed by atoms with E-state index in [0.717, 1.165) is 25.7 Å². The average molecular weight is 345 g/mol. The first-order valence-corrected chi connectivity index (χ1v) is 7.86. The van der Waals surface area contributed by atoms with Crippen molar-refractivity contribution in [2.24, 2.45) is 11.7 Å². The number of hydrogen-bond donors (Lipinski definition) is 2. The molecule has 0 aromatic heterocycles. The van der Waals surface area contributed by atoms with Crippen molar-refractivity contribution in [3.63, 3.8) is 0 Å². The van der Waals surface area contributed by atoms with Gasteiger partial charge in [0.15, 0.2) is 0 Å². The molecule has 6 heteroatoms. The molecule has 1 aromatic rings. The zero-order valence-corrected chi connectivity index (χ0v) is 14.5. The fourth-order valence-electron chi connectivity index (χ4n) is 2.95. The number of nitrogens with one attached hydrogen (secondary N) is 1. The number of hydrogen-bond acceptors (Lipinski definition) is 3. The van der Waals surface area contributed by atoms with E-state index in [0.29, 0.717) is 12.4 Å². The number of rotatable bonds is 5. The Bertz CT molecular complexity index is 525. The Morgan fingerprint density at radius 2 is 2.26 bits per heavy atom. The van der Waals surface area contributed by atoms with E-state index >= 15 is 0 Å². The highest BCUT2D eigenvalue weighted by Crippen LogP contribution is 2.31. The van der Waals surface area contributed by atoms with Crippen molar-refractivity contribution >= 4 is 18.3 Å². The number of benzene rings is 1. The Morgan fingerprint density at radius 1 is 1.52 bits per heavy atom. The lowest BCUT2D eigenvalue weighted by Gasteiger charge is -2.37. The first-order chi connectivity index (χ1) is 10.4. The van der Waals surface area contributed by atoms with Crippen LogP contribution in [0.1, 0.15) is 39.5 Å². The lowest BCUT2D eigenvalue weighted by molar-refractivity contribution is -0.128. The van der Waals surface area contributed by atoms with Crippen molar-refractivity contribution in [1.29, 1.82) is 0 Å². The molecule has 0 spiro atoms. The van der Waals surface area contributed by atoms with Crippen LogP contribution in [0.5, 0.6) is 5.75 Å². The van der Waals surface area contributed by atoms with Crippen molar-refractivity contribution in [1.82, 2.24) is 5.32 Å². The Balaban J connectivity index is 0.00000264. The van der Waals surface area contributed by atoms with Crippen LogP contribution >= 0.6 is 12.4 Å². The molecule has 23 heavy (non-hydrogen) atoms. The summed E-state index contributed by atoms with van der Waals surface area (Å²) in [7, 11) is 0. The number of halogens is 2. The highest BCUT2D eigenvalue weighted by molar-refractivity contribution is 5.85. The number of nitrogens with two attached hydrogens (primary N) is 1. The van der Waals surface area contributed by atoms with E-state index in [9.17, 15) is 9.18 Å². The third kappa shape index (κ3) is 5.66. The maximum Gasteiger partial charge on any atom is 0.225 e. The highest BCUT2D eigenvalue weighted by Gasteiger charge is 2.38. The van der Waals surface area contributed by atoms with Gasteiger partial charge in [0.25, 0.3) is 0 Å². The first kappa shape index (κ1) is 19.7. The minimum absolute atomic E-state index is 0. The summed E-state index contributed by atoms with van der Waals surface area (Å²) < 4.78 is 18.6. The summed E-state index contributed by atoms with van der Waals surface area (Å²) in [4.78, 5) is 12.4. The summed E-state index contributed by atoms with van der Waals surface area (Å²) in [5.41, 5.74) is 5.81. The van der Waals surface area contributed by atoms with E-state index in [2.05, 4.69) is 5.32 Å². The van der Waals surface area contributed by atoms with E-state index in [1.165, 1.54) is 12.1 Å². The molecule has 1 aromatic carbocycles. The minimum Gasteiger partial charge on any atom is -0.491 e. The fourth-order valence-corrected chi connectivity index (χ4v) is 2.95. The zero-order valence-electron chi connectivity index (χ0n) is 13.7. The largest absolute Gasteiger partial charge is 0.491 e. The van der Waals surface area contributed by atoms with Crippen LogP contribution in [0.3, 0.4) is 0 Å². The van der Waals surface area contributed by atoms with E-state index in [-0.39, 0.29) is 36.1 Å².